The van der Waals surface area contributed by atoms with E-state index in [1.807, 2.05) is 42.1 Å². The summed E-state index contributed by atoms with van der Waals surface area (Å²) in [4.78, 5) is 35.5. The normalized spacial score (nSPS) is 14.2. The van der Waals surface area contributed by atoms with E-state index in [-0.39, 0.29) is 11.2 Å². The minimum Gasteiger partial charge on any atom is -0.330 e. The number of thiophene rings is 1. The van der Waals surface area contributed by atoms with Crippen molar-refractivity contribution >= 4 is 32.5 Å². The van der Waals surface area contributed by atoms with E-state index in [9.17, 15) is 9.59 Å². The zero-order valence-corrected chi connectivity index (χ0v) is 17.9. The summed E-state index contributed by atoms with van der Waals surface area (Å²) in [5.41, 5.74) is 2.12. The molecule has 0 fully saturated rings. The zero-order valence-electron chi connectivity index (χ0n) is 17.1. The molecule has 0 unspecified atom stereocenters. The molecule has 4 heterocycles. The number of aromatic nitrogens is 5. The van der Waals surface area contributed by atoms with Crippen molar-refractivity contribution in [3.8, 4) is 11.5 Å². The summed E-state index contributed by atoms with van der Waals surface area (Å²) in [5.74, 6) is 0.963. The lowest BCUT2D eigenvalue weighted by Gasteiger charge is -2.07. The van der Waals surface area contributed by atoms with Gasteiger partial charge in [0.1, 0.15) is 17.0 Å². The van der Waals surface area contributed by atoms with Crippen LogP contribution in [0.5, 0.6) is 0 Å². The van der Waals surface area contributed by atoms with Gasteiger partial charge in [0.25, 0.3) is 5.56 Å². The van der Waals surface area contributed by atoms with E-state index < -0.39 is 0 Å². The third-order valence-electron chi connectivity index (χ3n) is 6.29. The van der Waals surface area contributed by atoms with Crippen molar-refractivity contribution in [3.63, 3.8) is 0 Å². The Morgan fingerprint density at radius 3 is 2.81 bits per heavy atom. The minimum absolute atomic E-state index is 0.219. The van der Waals surface area contributed by atoms with E-state index >= 15 is 0 Å². The van der Waals surface area contributed by atoms with Gasteiger partial charge in [0.2, 0.25) is 0 Å². The number of nitrogens with zero attached hydrogens (tertiary/aromatic N) is 4. The Bertz CT molecular complexity index is 1570. The molecule has 0 bridgehead atoms. The van der Waals surface area contributed by atoms with Crippen LogP contribution in [-0.4, -0.2) is 23.7 Å². The zero-order chi connectivity index (χ0) is 21.1. The predicted octanol–water partition coefficient (Wildman–Crippen LogP) is 3.69. The summed E-state index contributed by atoms with van der Waals surface area (Å²) in [6.45, 7) is 0. The summed E-state index contributed by atoms with van der Waals surface area (Å²) in [6, 6.07) is 7.74. The van der Waals surface area contributed by atoms with Crippen LogP contribution in [0, 0.1) is 0 Å². The highest BCUT2D eigenvalue weighted by atomic mass is 32.1. The van der Waals surface area contributed by atoms with Gasteiger partial charge in [0.05, 0.1) is 11.1 Å². The van der Waals surface area contributed by atoms with Gasteiger partial charge in [-0.3, -0.25) is 14.3 Å². The second-order valence-corrected chi connectivity index (χ2v) is 9.22. The van der Waals surface area contributed by atoms with Crippen molar-refractivity contribution < 1.29 is 0 Å². The van der Waals surface area contributed by atoms with Crippen molar-refractivity contribution in [2.45, 2.75) is 32.1 Å². The van der Waals surface area contributed by atoms with E-state index in [2.05, 4.69) is 14.5 Å². The molecule has 0 saturated carbocycles. The average Bonchev–Trinajstić information content (AvgIpc) is 3.43. The molecule has 31 heavy (non-hydrogen) atoms. The van der Waals surface area contributed by atoms with Gasteiger partial charge >= 0.3 is 5.69 Å². The van der Waals surface area contributed by atoms with Crippen LogP contribution >= 0.6 is 11.3 Å². The first-order valence-corrected chi connectivity index (χ1v) is 11.3. The summed E-state index contributed by atoms with van der Waals surface area (Å²) in [6.07, 6.45) is 10.7. The maximum absolute atomic E-state index is 13.5. The molecule has 0 amide bonds. The fourth-order valence-electron chi connectivity index (χ4n) is 4.75. The van der Waals surface area contributed by atoms with Gasteiger partial charge in [0.15, 0.2) is 0 Å². The van der Waals surface area contributed by atoms with Crippen LogP contribution in [0.25, 0.3) is 32.6 Å². The monoisotopic (exact) mass is 431 g/mol. The van der Waals surface area contributed by atoms with E-state index in [4.69, 9.17) is 0 Å². The van der Waals surface area contributed by atoms with Crippen LogP contribution in [0.4, 0.5) is 0 Å². The highest BCUT2D eigenvalue weighted by Gasteiger charge is 2.21. The lowest BCUT2D eigenvalue weighted by molar-refractivity contribution is 0.713. The number of fused-ring (bicyclic) bond motifs is 4. The van der Waals surface area contributed by atoms with Crippen LogP contribution in [0.15, 0.2) is 52.6 Å². The SMILES string of the molecule is Cn1c(-n2ccnc2)cc2cc(-n3c(=O)[nH]c4sc5c(c4c3=O)CCCCC5)ccc21. The third kappa shape index (κ3) is 2.75. The Balaban J connectivity index is 1.57. The largest absolute Gasteiger partial charge is 0.334 e. The number of hydrogen-bond donors (Lipinski definition) is 1. The Hall–Kier alpha value is -3.39. The van der Waals surface area contributed by atoms with Crippen LogP contribution in [0.3, 0.4) is 0 Å². The number of hydrogen-bond acceptors (Lipinski definition) is 4. The predicted molar refractivity (Wildman–Crippen MR) is 123 cm³/mol. The van der Waals surface area contributed by atoms with Crippen molar-refractivity contribution in [2.24, 2.45) is 7.05 Å². The molecule has 0 spiro atoms. The number of H-pyrrole nitrogens is 1. The average molecular weight is 432 g/mol. The molecule has 1 N–H and O–H groups in total. The van der Waals surface area contributed by atoms with E-state index in [0.29, 0.717) is 15.9 Å². The van der Waals surface area contributed by atoms with Gasteiger partial charge in [-0.1, -0.05) is 6.42 Å². The number of imidazole rings is 1. The molecule has 1 aliphatic rings. The molecule has 0 aliphatic heterocycles. The fourth-order valence-corrected chi connectivity index (χ4v) is 6.02. The number of nitrogens with one attached hydrogen (secondary N) is 1. The van der Waals surface area contributed by atoms with Gasteiger partial charge in [-0.05, 0) is 55.5 Å². The third-order valence-corrected chi connectivity index (χ3v) is 7.50. The number of aromatic amines is 1. The Kier molecular flexibility index (Phi) is 4.04. The van der Waals surface area contributed by atoms with Crippen LogP contribution in [-0.2, 0) is 19.9 Å². The van der Waals surface area contributed by atoms with Crippen LogP contribution < -0.4 is 11.2 Å². The molecule has 1 aliphatic carbocycles. The first kappa shape index (κ1) is 18.4. The molecule has 7 nitrogen and oxygen atoms in total. The Labute approximate surface area is 181 Å². The maximum atomic E-state index is 13.5. The lowest BCUT2D eigenvalue weighted by Crippen LogP contribution is -2.33. The topological polar surface area (TPSA) is 77.6 Å². The van der Waals surface area contributed by atoms with Crippen molar-refractivity contribution in [1.29, 1.82) is 0 Å². The molecule has 0 saturated heterocycles. The first-order chi connectivity index (χ1) is 15.1. The first-order valence-electron chi connectivity index (χ1n) is 10.5. The van der Waals surface area contributed by atoms with Gasteiger partial charge in [-0.25, -0.2) is 14.3 Å². The smallest absolute Gasteiger partial charge is 0.330 e. The standard InChI is InChI=1S/C23H21N5O2S/c1-26-17-8-7-15(11-14(17)12-19(26)27-10-9-24-13-27)28-22(29)20-16-5-3-2-4-6-18(16)31-21(20)25-23(28)30/h7-13H,2-6H2,1H3,(H,25,30). The molecule has 6 rings (SSSR count). The number of rotatable bonds is 2. The van der Waals surface area contributed by atoms with Gasteiger partial charge in [-0.2, -0.15) is 0 Å². The summed E-state index contributed by atoms with van der Waals surface area (Å²) in [5, 5.41) is 1.65. The maximum Gasteiger partial charge on any atom is 0.334 e. The molecule has 8 heteroatoms. The van der Waals surface area contributed by atoms with Gasteiger partial charge < -0.3 is 4.57 Å². The van der Waals surface area contributed by atoms with E-state index in [1.54, 1.807) is 23.9 Å². The molecule has 156 valence electrons. The van der Waals surface area contributed by atoms with Gasteiger partial charge in [0, 0.05) is 35.2 Å². The minimum atomic E-state index is -0.390. The molecule has 0 atom stereocenters. The van der Waals surface area contributed by atoms with Crippen LogP contribution in [0.2, 0.25) is 0 Å². The molecular formula is C23H21N5O2S. The summed E-state index contributed by atoms with van der Waals surface area (Å²) in [7, 11) is 1.99. The summed E-state index contributed by atoms with van der Waals surface area (Å²) >= 11 is 1.57. The Morgan fingerprint density at radius 1 is 1.10 bits per heavy atom. The summed E-state index contributed by atoms with van der Waals surface area (Å²) < 4.78 is 5.28. The van der Waals surface area contributed by atoms with E-state index in [0.717, 1.165) is 48.0 Å². The molecule has 4 aromatic heterocycles. The van der Waals surface area contributed by atoms with Crippen molar-refractivity contribution in [2.75, 3.05) is 0 Å². The molecule has 5 aromatic rings. The van der Waals surface area contributed by atoms with Crippen molar-refractivity contribution in [1.82, 2.24) is 23.7 Å². The molecule has 1 aromatic carbocycles. The Morgan fingerprint density at radius 2 is 1.97 bits per heavy atom. The fraction of sp³-hybridized carbons (Fsp3) is 0.261. The highest BCUT2D eigenvalue weighted by Crippen LogP contribution is 2.32. The number of benzene rings is 1. The number of aryl methyl sites for hydroxylation is 3. The lowest BCUT2D eigenvalue weighted by atomic mass is 10.1. The highest BCUT2D eigenvalue weighted by molar-refractivity contribution is 7.18. The van der Waals surface area contributed by atoms with Gasteiger partial charge in [-0.15, -0.1) is 11.3 Å². The quantitative estimate of drug-likeness (QED) is 0.433. The van der Waals surface area contributed by atoms with E-state index in [1.165, 1.54) is 15.9 Å². The molecule has 0 radical (unpaired) electrons. The second kappa shape index (κ2) is 6.81. The second-order valence-electron chi connectivity index (χ2n) is 8.11. The van der Waals surface area contributed by atoms with Crippen LogP contribution in [0.1, 0.15) is 29.7 Å². The molecular weight excluding hydrogens is 410 g/mol. The van der Waals surface area contributed by atoms with Crippen molar-refractivity contribution in [3.05, 3.63) is 74.3 Å².